The molecule has 1 rings (SSSR count). The Balaban J connectivity index is 2.69. The predicted octanol–water partition coefficient (Wildman–Crippen LogP) is 3.96. The fourth-order valence-corrected chi connectivity index (χ4v) is 1.53. The molecule has 0 aliphatic heterocycles. The van der Waals surface area contributed by atoms with Crippen molar-refractivity contribution in [2.75, 3.05) is 6.61 Å². The molecule has 0 N–H and O–H groups in total. The van der Waals surface area contributed by atoms with E-state index in [1.807, 2.05) is 39.0 Å². The van der Waals surface area contributed by atoms with Crippen LogP contribution in [0.5, 0.6) is 0 Å². The molecule has 19 heavy (non-hydrogen) atoms. The summed E-state index contributed by atoms with van der Waals surface area (Å²) in [5.41, 5.74) is 1.25. The summed E-state index contributed by atoms with van der Waals surface area (Å²) in [6.45, 7) is 8.95. The van der Waals surface area contributed by atoms with Gasteiger partial charge in [-0.3, -0.25) is 0 Å². The zero-order valence-corrected chi connectivity index (χ0v) is 12.4. The fraction of sp³-hybridized carbons (Fsp3) is 0.562. The van der Waals surface area contributed by atoms with Crippen molar-refractivity contribution < 1.29 is 14.3 Å². The Bertz CT molecular complexity index is 405. The molecule has 0 atom stereocenters. The standard InChI is InChI=1S/C16H24O3/c1-5-6-11-18-15(17)14-10-8-7-9-13(14)12-19-16(2,3)4/h7-10H,5-6,11-12H2,1-4H3. The number of rotatable bonds is 6. The third-order valence-corrected chi connectivity index (χ3v) is 2.63. The van der Waals surface area contributed by atoms with Gasteiger partial charge in [-0.15, -0.1) is 0 Å². The predicted molar refractivity (Wildman–Crippen MR) is 76.2 cm³/mol. The maximum atomic E-state index is 12.0. The first-order chi connectivity index (χ1) is 8.94. The minimum Gasteiger partial charge on any atom is -0.462 e. The zero-order valence-electron chi connectivity index (χ0n) is 12.4. The second-order valence-electron chi connectivity index (χ2n) is 5.55. The van der Waals surface area contributed by atoms with Crippen LogP contribution in [0.2, 0.25) is 0 Å². The van der Waals surface area contributed by atoms with E-state index in [1.165, 1.54) is 0 Å². The highest BCUT2D eigenvalue weighted by Crippen LogP contribution is 2.16. The van der Waals surface area contributed by atoms with Crippen LogP contribution in [0.1, 0.15) is 56.5 Å². The molecule has 3 nitrogen and oxygen atoms in total. The largest absolute Gasteiger partial charge is 0.462 e. The number of ether oxygens (including phenoxy) is 2. The molecule has 0 bridgehead atoms. The van der Waals surface area contributed by atoms with Crippen LogP contribution >= 0.6 is 0 Å². The highest BCUT2D eigenvalue weighted by molar-refractivity contribution is 5.91. The lowest BCUT2D eigenvalue weighted by molar-refractivity contribution is -0.0155. The van der Waals surface area contributed by atoms with Crippen molar-refractivity contribution in [2.24, 2.45) is 0 Å². The van der Waals surface area contributed by atoms with Crippen LogP contribution in [0.25, 0.3) is 0 Å². The second-order valence-corrected chi connectivity index (χ2v) is 5.55. The van der Waals surface area contributed by atoms with Gasteiger partial charge in [0.15, 0.2) is 0 Å². The van der Waals surface area contributed by atoms with Gasteiger partial charge in [-0.1, -0.05) is 31.5 Å². The van der Waals surface area contributed by atoms with Crippen molar-refractivity contribution in [1.29, 1.82) is 0 Å². The topological polar surface area (TPSA) is 35.5 Å². The molecule has 0 aliphatic carbocycles. The molecular weight excluding hydrogens is 240 g/mol. The van der Waals surface area contributed by atoms with E-state index in [0.717, 1.165) is 18.4 Å². The molecular formula is C16H24O3. The molecule has 0 fully saturated rings. The number of hydrogen-bond donors (Lipinski definition) is 0. The molecule has 0 radical (unpaired) electrons. The fourth-order valence-electron chi connectivity index (χ4n) is 1.53. The maximum Gasteiger partial charge on any atom is 0.338 e. The van der Waals surface area contributed by atoms with E-state index in [9.17, 15) is 4.79 Å². The number of benzene rings is 1. The van der Waals surface area contributed by atoms with Gasteiger partial charge in [-0.05, 0) is 38.8 Å². The Morgan fingerprint density at radius 1 is 1.21 bits per heavy atom. The number of carbonyl (C=O) groups excluding carboxylic acids is 1. The van der Waals surface area contributed by atoms with Gasteiger partial charge in [-0.25, -0.2) is 4.79 Å². The Morgan fingerprint density at radius 2 is 1.89 bits per heavy atom. The van der Waals surface area contributed by atoms with Crippen LogP contribution in [0, 0.1) is 0 Å². The summed E-state index contributed by atoms with van der Waals surface area (Å²) in [5, 5.41) is 0. The van der Waals surface area contributed by atoms with Crippen molar-refractivity contribution in [1.82, 2.24) is 0 Å². The van der Waals surface area contributed by atoms with E-state index in [1.54, 1.807) is 6.07 Å². The minimum atomic E-state index is -0.262. The summed E-state index contributed by atoms with van der Waals surface area (Å²) in [6.07, 6.45) is 1.91. The lowest BCUT2D eigenvalue weighted by Crippen LogP contribution is -2.20. The van der Waals surface area contributed by atoms with E-state index >= 15 is 0 Å². The zero-order chi connectivity index (χ0) is 14.3. The van der Waals surface area contributed by atoms with Gasteiger partial charge in [-0.2, -0.15) is 0 Å². The van der Waals surface area contributed by atoms with E-state index < -0.39 is 0 Å². The number of carbonyl (C=O) groups is 1. The second kappa shape index (κ2) is 7.29. The molecule has 0 saturated carbocycles. The number of unbranched alkanes of at least 4 members (excludes halogenated alkanes) is 1. The monoisotopic (exact) mass is 264 g/mol. The summed E-state index contributed by atoms with van der Waals surface area (Å²) in [4.78, 5) is 12.0. The molecule has 0 spiro atoms. The summed E-state index contributed by atoms with van der Waals surface area (Å²) in [6, 6.07) is 7.44. The van der Waals surface area contributed by atoms with Gasteiger partial charge in [0.2, 0.25) is 0 Å². The van der Waals surface area contributed by atoms with Gasteiger partial charge < -0.3 is 9.47 Å². The Hall–Kier alpha value is -1.35. The van der Waals surface area contributed by atoms with Crippen molar-refractivity contribution in [3.8, 4) is 0 Å². The first kappa shape index (κ1) is 15.7. The molecule has 1 aromatic rings. The lowest BCUT2D eigenvalue weighted by Gasteiger charge is -2.20. The minimum absolute atomic E-state index is 0.223. The van der Waals surface area contributed by atoms with Crippen LogP contribution < -0.4 is 0 Å². The third kappa shape index (κ3) is 5.88. The van der Waals surface area contributed by atoms with Crippen LogP contribution in [0.4, 0.5) is 0 Å². The van der Waals surface area contributed by atoms with Crippen LogP contribution in [0.3, 0.4) is 0 Å². The van der Waals surface area contributed by atoms with Gasteiger partial charge in [0.25, 0.3) is 0 Å². The SMILES string of the molecule is CCCCOC(=O)c1ccccc1COC(C)(C)C. The average Bonchev–Trinajstić information content (AvgIpc) is 2.36. The van der Waals surface area contributed by atoms with Crippen molar-refractivity contribution >= 4 is 5.97 Å². The Kier molecular flexibility index (Phi) is 6.03. The van der Waals surface area contributed by atoms with Crippen LogP contribution in [0.15, 0.2) is 24.3 Å². The molecule has 106 valence electrons. The molecule has 0 aromatic heterocycles. The Labute approximate surface area is 115 Å². The summed E-state index contributed by atoms with van der Waals surface area (Å²) in [7, 11) is 0. The summed E-state index contributed by atoms with van der Waals surface area (Å²) >= 11 is 0. The molecule has 0 unspecified atom stereocenters. The molecule has 0 saturated heterocycles. The maximum absolute atomic E-state index is 12.0. The van der Waals surface area contributed by atoms with Crippen molar-refractivity contribution in [2.45, 2.75) is 52.7 Å². The Morgan fingerprint density at radius 3 is 2.53 bits per heavy atom. The quantitative estimate of drug-likeness (QED) is 0.576. The van der Waals surface area contributed by atoms with Gasteiger partial charge in [0.1, 0.15) is 0 Å². The lowest BCUT2D eigenvalue weighted by atomic mass is 10.1. The van der Waals surface area contributed by atoms with E-state index in [4.69, 9.17) is 9.47 Å². The molecule has 1 aromatic carbocycles. The van der Waals surface area contributed by atoms with E-state index in [-0.39, 0.29) is 11.6 Å². The average molecular weight is 264 g/mol. The third-order valence-electron chi connectivity index (χ3n) is 2.63. The molecule has 3 heteroatoms. The first-order valence-electron chi connectivity index (χ1n) is 6.83. The van der Waals surface area contributed by atoms with Crippen molar-refractivity contribution in [3.05, 3.63) is 35.4 Å². The van der Waals surface area contributed by atoms with Gasteiger partial charge >= 0.3 is 5.97 Å². The first-order valence-corrected chi connectivity index (χ1v) is 6.83. The normalized spacial score (nSPS) is 11.4. The van der Waals surface area contributed by atoms with Gasteiger partial charge in [0.05, 0.1) is 24.4 Å². The summed E-state index contributed by atoms with van der Waals surface area (Å²) in [5.74, 6) is -0.262. The molecule has 0 heterocycles. The highest BCUT2D eigenvalue weighted by Gasteiger charge is 2.15. The molecule has 0 amide bonds. The van der Waals surface area contributed by atoms with E-state index in [0.29, 0.717) is 18.8 Å². The number of hydrogen-bond acceptors (Lipinski definition) is 3. The van der Waals surface area contributed by atoms with Crippen LogP contribution in [-0.2, 0) is 16.1 Å². The van der Waals surface area contributed by atoms with Crippen molar-refractivity contribution in [3.63, 3.8) is 0 Å². The number of esters is 1. The summed E-state index contributed by atoms with van der Waals surface area (Å²) < 4.78 is 11.0. The highest BCUT2D eigenvalue weighted by atomic mass is 16.5. The smallest absolute Gasteiger partial charge is 0.338 e. The van der Waals surface area contributed by atoms with E-state index in [2.05, 4.69) is 6.92 Å². The van der Waals surface area contributed by atoms with Gasteiger partial charge in [0, 0.05) is 0 Å². The van der Waals surface area contributed by atoms with Crippen LogP contribution in [-0.4, -0.2) is 18.2 Å². The molecule has 0 aliphatic rings.